The number of carbonyl (C=O) groups excluding carboxylic acids is 2. The van der Waals surface area contributed by atoms with Gasteiger partial charge in [-0.05, 0) is 37.5 Å². The zero-order valence-corrected chi connectivity index (χ0v) is 13.1. The standard InChI is InChI=1S/C17H28N2O2/c1-2-3-4-7-19-11-14(10-16(19)20)17(21)18-15-9-12-5-6-13(15)8-12/h12-15H,2-11H2,1H3,(H,18,21). The van der Waals surface area contributed by atoms with Gasteiger partial charge in [-0.2, -0.15) is 0 Å². The maximum Gasteiger partial charge on any atom is 0.225 e. The predicted octanol–water partition coefficient (Wildman–Crippen LogP) is 2.33. The number of carbonyl (C=O) groups is 2. The largest absolute Gasteiger partial charge is 0.353 e. The Labute approximate surface area is 127 Å². The number of unbranched alkanes of at least 4 members (excludes halogenated alkanes) is 2. The number of nitrogens with one attached hydrogen (secondary N) is 1. The summed E-state index contributed by atoms with van der Waals surface area (Å²) in [6.45, 7) is 3.62. The minimum absolute atomic E-state index is 0.113. The lowest BCUT2D eigenvalue weighted by Crippen LogP contribution is -2.42. The first kappa shape index (κ1) is 14.9. The molecule has 0 radical (unpaired) electrons. The quantitative estimate of drug-likeness (QED) is 0.764. The Hall–Kier alpha value is -1.06. The molecule has 2 amide bonds. The zero-order valence-electron chi connectivity index (χ0n) is 13.1. The summed E-state index contributed by atoms with van der Waals surface area (Å²) in [5.74, 6) is 1.73. The van der Waals surface area contributed by atoms with Crippen LogP contribution in [0.15, 0.2) is 0 Å². The third-order valence-corrected chi connectivity index (χ3v) is 5.68. The summed E-state index contributed by atoms with van der Waals surface area (Å²) in [7, 11) is 0. The first-order valence-corrected chi connectivity index (χ1v) is 8.75. The van der Waals surface area contributed by atoms with Crippen LogP contribution < -0.4 is 5.32 Å². The third kappa shape index (κ3) is 3.24. The number of likely N-dealkylation sites (tertiary alicyclic amines) is 1. The van der Waals surface area contributed by atoms with Gasteiger partial charge in [0.15, 0.2) is 0 Å². The molecule has 0 aromatic carbocycles. The highest BCUT2D eigenvalue weighted by atomic mass is 16.2. The van der Waals surface area contributed by atoms with Crippen LogP contribution in [0.2, 0.25) is 0 Å². The molecule has 4 nitrogen and oxygen atoms in total. The van der Waals surface area contributed by atoms with Crippen molar-refractivity contribution in [2.75, 3.05) is 13.1 Å². The fraction of sp³-hybridized carbons (Fsp3) is 0.882. The molecule has 2 saturated carbocycles. The monoisotopic (exact) mass is 292 g/mol. The highest BCUT2D eigenvalue weighted by Gasteiger charge is 2.42. The van der Waals surface area contributed by atoms with E-state index in [0.29, 0.717) is 24.9 Å². The molecule has 21 heavy (non-hydrogen) atoms. The molecule has 1 N–H and O–H groups in total. The maximum atomic E-state index is 12.4. The normalized spacial score (nSPS) is 34.7. The van der Waals surface area contributed by atoms with Gasteiger partial charge in [0.05, 0.1) is 5.92 Å². The van der Waals surface area contributed by atoms with Gasteiger partial charge in [-0.3, -0.25) is 9.59 Å². The van der Waals surface area contributed by atoms with Crippen LogP contribution in [0.4, 0.5) is 0 Å². The van der Waals surface area contributed by atoms with Crippen LogP contribution in [0.25, 0.3) is 0 Å². The van der Waals surface area contributed by atoms with Gasteiger partial charge >= 0.3 is 0 Å². The topological polar surface area (TPSA) is 49.4 Å². The number of fused-ring (bicyclic) bond motifs is 2. The van der Waals surface area contributed by atoms with E-state index in [1.807, 2.05) is 4.90 Å². The molecule has 4 heteroatoms. The van der Waals surface area contributed by atoms with E-state index in [1.54, 1.807) is 0 Å². The van der Waals surface area contributed by atoms with Gasteiger partial charge in [0.1, 0.15) is 0 Å². The molecule has 3 fully saturated rings. The lowest BCUT2D eigenvalue weighted by atomic mass is 9.94. The molecule has 3 rings (SSSR count). The second-order valence-electron chi connectivity index (χ2n) is 7.24. The molecule has 4 unspecified atom stereocenters. The number of amides is 2. The van der Waals surface area contributed by atoms with Crippen LogP contribution in [-0.4, -0.2) is 35.8 Å². The molecule has 2 aliphatic carbocycles. The van der Waals surface area contributed by atoms with Crippen molar-refractivity contribution in [1.29, 1.82) is 0 Å². The van der Waals surface area contributed by atoms with E-state index in [1.165, 1.54) is 19.3 Å². The highest BCUT2D eigenvalue weighted by Crippen LogP contribution is 2.44. The molecule has 0 spiro atoms. The molecule has 1 heterocycles. The molecule has 2 bridgehead atoms. The highest BCUT2D eigenvalue weighted by molar-refractivity contribution is 5.89. The van der Waals surface area contributed by atoms with Crippen molar-refractivity contribution >= 4 is 11.8 Å². The van der Waals surface area contributed by atoms with Crippen LogP contribution in [0.1, 0.15) is 58.3 Å². The summed E-state index contributed by atoms with van der Waals surface area (Å²) < 4.78 is 0. The van der Waals surface area contributed by atoms with Gasteiger partial charge in [0.25, 0.3) is 0 Å². The summed E-state index contributed by atoms with van der Waals surface area (Å²) >= 11 is 0. The minimum atomic E-state index is -0.113. The van der Waals surface area contributed by atoms with Crippen LogP contribution in [0, 0.1) is 17.8 Å². The van der Waals surface area contributed by atoms with Crippen molar-refractivity contribution in [3.8, 4) is 0 Å². The van der Waals surface area contributed by atoms with Crippen LogP contribution in [0.3, 0.4) is 0 Å². The smallest absolute Gasteiger partial charge is 0.225 e. The van der Waals surface area contributed by atoms with Gasteiger partial charge in [-0.1, -0.05) is 26.2 Å². The Morgan fingerprint density at radius 1 is 1.29 bits per heavy atom. The molecular weight excluding hydrogens is 264 g/mol. The summed E-state index contributed by atoms with van der Waals surface area (Å²) in [6, 6.07) is 0.389. The molecule has 0 aromatic heterocycles. The molecular formula is C17H28N2O2. The lowest BCUT2D eigenvalue weighted by molar-refractivity contribution is -0.129. The van der Waals surface area contributed by atoms with E-state index in [-0.39, 0.29) is 17.7 Å². The lowest BCUT2D eigenvalue weighted by Gasteiger charge is -2.24. The van der Waals surface area contributed by atoms with E-state index in [9.17, 15) is 9.59 Å². The summed E-state index contributed by atoms with van der Waals surface area (Å²) in [6.07, 6.45) is 8.89. The maximum absolute atomic E-state index is 12.4. The fourth-order valence-electron chi connectivity index (χ4n) is 4.44. The minimum Gasteiger partial charge on any atom is -0.353 e. The molecule has 1 saturated heterocycles. The zero-order chi connectivity index (χ0) is 14.8. The average molecular weight is 292 g/mol. The van der Waals surface area contributed by atoms with E-state index in [4.69, 9.17) is 0 Å². The van der Waals surface area contributed by atoms with Crippen molar-refractivity contribution < 1.29 is 9.59 Å². The van der Waals surface area contributed by atoms with Crippen molar-refractivity contribution in [3.05, 3.63) is 0 Å². The van der Waals surface area contributed by atoms with Crippen molar-refractivity contribution in [2.45, 2.75) is 64.3 Å². The SMILES string of the molecule is CCCCCN1CC(C(=O)NC2CC3CCC2C3)CC1=O. The van der Waals surface area contributed by atoms with Gasteiger partial charge in [0.2, 0.25) is 11.8 Å². The molecule has 118 valence electrons. The summed E-state index contributed by atoms with van der Waals surface area (Å²) in [5, 5.41) is 3.24. The molecule has 0 aromatic rings. The van der Waals surface area contributed by atoms with Crippen molar-refractivity contribution in [3.63, 3.8) is 0 Å². The molecule has 3 aliphatic rings. The van der Waals surface area contributed by atoms with Crippen molar-refractivity contribution in [2.24, 2.45) is 17.8 Å². The summed E-state index contributed by atoms with van der Waals surface area (Å²) in [5.41, 5.74) is 0. The first-order chi connectivity index (χ1) is 10.2. The first-order valence-electron chi connectivity index (χ1n) is 8.75. The number of hydrogen-bond acceptors (Lipinski definition) is 2. The van der Waals surface area contributed by atoms with E-state index >= 15 is 0 Å². The Balaban J connectivity index is 1.46. The van der Waals surface area contributed by atoms with Gasteiger partial charge in [-0.25, -0.2) is 0 Å². The number of rotatable bonds is 6. The van der Waals surface area contributed by atoms with Gasteiger partial charge < -0.3 is 10.2 Å². The fourth-order valence-corrected chi connectivity index (χ4v) is 4.44. The number of nitrogens with zero attached hydrogens (tertiary/aromatic N) is 1. The Bertz CT molecular complexity index is 410. The Morgan fingerprint density at radius 3 is 2.81 bits per heavy atom. The van der Waals surface area contributed by atoms with E-state index in [0.717, 1.165) is 38.1 Å². The number of hydrogen-bond donors (Lipinski definition) is 1. The average Bonchev–Trinajstić information content (AvgIpc) is 3.15. The van der Waals surface area contributed by atoms with Crippen LogP contribution >= 0.6 is 0 Å². The van der Waals surface area contributed by atoms with E-state index < -0.39 is 0 Å². The molecule has 1 aliphatic heterocycles. The second-order valence-corrected chi connectivity index (χ2v) is 7.24. The van der Waals surface area contributed by atoms with Crippen molar-refractivity contribution in [1.82, 2.24) is 10.2 Å². The molecule has 4 atom stereocenters. The van der Waals surface area contributed by atoms with E-state index in [2.05, 4.69) is 12.2 Å². The Kier molecular flexibility index (Phi) is 4.51. The third-order valence-electron chi connectivity index (χ3n) is 5.68. The van der Waals surface area contributed by atoms with Crippen LogP contribution in [0.5, 0.6) is 0 Å². The predicted molar refractivity (Wildman–Crippen MR) is 81.6 cm³/mol. The Morgan fingerprint density at radius 2 is 2.14 bits per heavy atom. The summed E-state index contributed by atoms with van der Waals surface area (Å²) in [4.78, 5) is 26.3. The van der Waals surface area contributed by atoms with Crippen LogP contribution in [-0.2, 0) is 9.59 Å². The van der Waals surface area contributed by atoms with Gasteiger partial charge in [0, 0.05) is 25.6 Å². The van der Waals surface area contributed by atoms with Gasteiger partial charge in [-0.15, -0.1) is 0 Å². The second kappa shape index (κ2) is 6.37.